The summed E-state index contributed by atoms with van der Waals surface area (Å²) in [7, 11) is 0. The number of hydrogen-bond donors (Lipinski definition) is 0. The van der Waals surface area contributed by atoms with Gasteiger partial charge in [0.2, 0.25) is 0 Å². The van der Waals surface area contributed by atoms with Gasteiger partial charge in [-0.1, -0.05) is 30.3 Å². The smallest absolute Gasteiger partial charge is 0.184 e. The summed E-state index contributed by atoms with van der Waals surface area (Å²) in [5.41, 5.74) is 1.05. The maximum atomic E-state index is 5.96. The van der Waals surface area contributed by atoms with E-state index in [1.54, 1.807) is 0 Å². The van der Waals surface area contributed by atoms with E-state index in [2.05, 4.69) is 0 Å². The lowest BCUT2D eigenvalue weighted by Crippen LogP contribution is -2.49. The standard InChI is InChI=1S/C13H14O4/c1-2-4-8(5-3-1)13-15-6-9-11(17-13)12-10(16-12)7-14-9/h1-5,9-13H,6-7H2/t9-,10-,11-,12-,13-/m1/s1. The minimum atomic E-state index is -0.288. The van der Waals surface area contributed by atoms with E-state index in [-0.39, 0.29) is 30.7 Å². The van der Waals surface area contributed by atoms with Gasteiger partial charge >= 0.3 is 0 Å². The van der Waals surface area contributed by atoms with E-state index < -0.39 is 0 Å². The van der Waals surface area contributed by atoms with Gasteiger partial charge in [0, 0.05) is 5.56 Å². The van der Waals surface area contributed by atoms with E-state index in [0.29, 0.717) is 13.2 Å². The second kappa shape index (κ2) is 3.78. The number of fused-ring (bicyclic) bond motifs is 3. The Hall–Kier alpha value is -0.940. The van der Waals surface area contributed by atoms with Crippen LogP contribution in [0.4, 0.5) is 0 Å². The number of hydrogen-bond acceptors (Lipinski definition) is 4. The van der Waals surface area contributed by atoms with Crippen molar-refractivity contribution >= 4 is 0 Å². The molecule has 0 amide bonds. The molecule has 1 aromatic carbocycles. The van der Waals surface area contributed by atoms with Crippen LogP contribution in [0.5, 0.6) is 0 Å². The fourth-order valence-corrected chi connectivity index (χ4v) is 2.56. The average molecular weight is 234 g/mol. The SMILES string of the molecule is c1ccc([C@@H]2OC[C@H]3OC[C@H]4O[C@H]4[C@@H]3O2)cc1. The molecule has 3 saturated heterocycles. The number of epoxide rings is 1. The first-order valence-corrected chi connectivity index (χ1v) is 6.01. The zero-order chi connectivity index (χ0) is 11.2. The van der Waals surface area contributed by atoms with Crippen LogP contribution in [0.3, 0.4) is 0 Å². The molecular weight excluding hydrogens is 220 g/mol. The lowest BCUT2D eigenvalue weighted by Gasteiger charge is -2.37. The number of rotatable bonds is 1. The Balaban J connectivity index is 1.53. The normalized spacial score (nSPS) is 43.6. The molecule has 0 saturated carbocycles. The van der Waals surface area contributed by atoms with E-state index in [4.69, 9.17) is 18.9 Å². The molecule has 0 unspecified atom stereocenters. The largest absolute Gasteiger partial charge is 0.370 e. The van der Waals surface area contributed by atoms with Crippen molar-refractivity contribution in [2.45, 2.75) is 30.7 Å². The minimum Gasteiger partial charge on any atom is -0.370 e. The molecular formula is C13H14O4. The van der Waals surface area contributed by atoms with Crippen molar-refractivity contribution in [3.8, 4) is 0 Å². The molecule has 0 spiro atoms. The van der Waals surface area contributed by atoms with Gasteiger partial charge in [-0.3, -0.25) is 0 Å². The van der Waals surface area contributed by atoms with Crippen LogP contribution in [0, 0.1) is 0 Å². The molecule has 3 aliphatic rings. The van der Waals surface area contributed by atoms with Crippen molar-refractivity contribution in [1.82, 2.24) is 0 Å². The van der Waals surface area contributed by atoms with Crippen LogP contribution in [0.25, 0.3) is 0 Å². The summed E-state index contributed by atoms with van der Waals surface area (Å²) in [6.45, 7) is 1.26. The third-order valence-corrected chi connectivity index (χ3v) is 3.55. The topological polar surface area (TPSA) is 40.2 Å². The molecule has 1 aromatic rings. The van der Waals surface area contributed by atoms with Crippen LogP contribution in [0.2, 0.25) is 0 Å². The summed E-state index contributed by atoms with van der Waals surface area (Å²) in [5.74, 6) is 0. The summed E-state index contributed by atoms with van der Waals surface area (Å²) in [6.07, 6.45) is 0.213. The van der Waals surface area contributed by atoms with Crippen LogP contribution in [0.1, 0.15) is 11.9 Å². The second-order valence-corrected chi connectivity index (χ2v) is 4.69. The second-order valence-electron chi connectivity index (χ2n) is 4.69. The average Bonchev–Trinajstić information content (AvgIpc) is 3.19. The highest BCUT2D eigenvalue weighted by atomic mass is 16.7. The van der Waals surface area contributed by atoms with Crippen molar-refractivity contribution in [2.24, 2.45) is 0 Å². The van der Waals surface area contributed by atoms with Crippen molar-refractivity contribution in [3.05, 3.63) is 35.9 Å². The fourth-order valence-electron chi connectivity index (χ4n) is 2.56. The van der Waals surface area contributed by atoms with E-state index in [0.717, 1.165) is 5.56 Å². The predicted octanol–water partition coefficient (Wildman–Crippen LogP) is 1.27. The molecule has 4 rings (SSSR count). The maximum Gasteiger partial charge on any atom is 0.184 e. The Kier molecular flexibility index (Phi) is 2.23. The van der Waals surface area contributed by atoms with E-state index in [9.17, 15) is 0 Å². The zero-order valence-electron chi connectivity index (χ0n) is 9.32. The Morgan fingerprint density at radius 1 is 0.824 bits per heavy atom. The van der Waals surface area contributed by atoms with Crippen LogP contribution < -0.4 is 0 Å². The summed E-state index contributed by atoms with van der Waals surface area (Å²) in [5, 5.41) is 0. The van der Waals surface area contributed by atoms with Gasteiger partial charge < -0.3 is 18.9 Å². The summed E-state index contributed by atoms with van der Waals surface area (Å²) >= 11 is 0. The molecule has 90 valence electrons. The van der Waals surface area contributed by atoms with Gasteiger partial charge in [0.25, 0.3) is 0 Å². The highest BCUT2D eigenvalue weighted by Crippen LogP contribution is 2.40. The molecule has 0 aromatic heterocycles. The molecule has 3 aliphatic heterocycles. The fraction of sp³-hybridized carbons (Fsp3) is 0.538. The maximum absolute atomic E-state index is 5.96. The monoisotopic (exact) mass is 234 g/mol. The Morgan fingerprint density at radius 3 is 2.47 bits per heavy atom. The highest BCUT2D eigenvalue weighted by Gasteiger charge is 2.55. The Bertz CT molecular complexity index is 407. The summed E-state index contributed by atoms with van der Waals surface area (Å²) < 4.78 is 22.8. The van der Waals surface area contributed by atoms with Crippen LogP contribution in [-0.2, 0) is 18.9 Å². The van der Waals surface area contributed by atoms with Crippen molar-refractivity contribution in [2.75, 3.05) is 13.2 Å². The van der Waals surface area contributed by atoms with E-state index in [1.165, 1.54) is 0 Å². The van der Waals surface area contributed by atoms with Crippen molar-refractivity contribution < 1.29 is 18.9 Å². The number of benzene rings is 1. The molecule has 5 atom stereocenters. The van der Waals surface area contributed by atoms with E-state index in [1.807, 2.05) is 30.3 Å². The lowest BCUT2D eigenvalue weighted by atomic mass is 10.0. The molecule has 0 bridgehead atoms. The third kappa shape index (κ3) is 1.68. The van der Waals surface area contributed by atoms with Gasteiger partial charge in [0.05, 0.1) is 13.2 Å². The highest BCUT2D eigenvalue weighted by molar-refractivity contribution is 5.17. The molecule has 0 N–H and O–H groups in total. The van der Waals surface area contributed by atoms with Crippen LogP contribution in [0.15, 0.2) is 30.3 Å². The molecule has 4 heteroatoms. The summed E-state index contributed by atoms with van der Waals surface area (Å²) in [6, 6.07) is 9.99. The van der Waals surface area contributed by atoms with Crippen molar-refractivity contribution in [1.29, 1.82) is 0 Å². The van der Waals surface area contributed by atoms with Gasteiger partial charge in [-0.05, 0) is 0 Å². The van der Waals surface area contributed by atoms with Crippen molar-refractivity contribution in [3.63, 3.8) is 0 Å². The summed E-state index contributed by atoms with van der Waals surface area (Å²) in [4.78, 5) is 0. The van der Waals surface area contributed by atoms with Gasteiger partial charge in [-0.15, -0.1) is 0 Å². The van der Waals surface area contributed by atoms with Gasteiger partial charge in [0.15, 0.2) is 6.29 Å². The minimum absolute atomic E-state index is 0.0210. The molecule has 3 heterocycles. The van der Waals surface area contributed by atoms with Crippen LogP contribution in [-0.4, -0.2) is 37.6 Å². The van der Waals surface area contributed by atoms with Gasteiger partial charge in [-0.25, -0.2) is 0 Å². The Morgan fingerprint density at radius 2 is 1.59 bits per heavy atom. The quantitative estimate of drug-likeness (QED) is 0.686. The predicted molar refractivity (Wildman–Crippen MR) is 58.4 cm³/mol. The first kappa shape index (κ1) is 10.0. The molecule has 4 nitrogen and oxygen atoms in total. The number of ether oxygens (including phenoxy) is 4. The lowest BCUT2D eigenvalue weighted by molar-refractivity contribution is -0.273. The zero-order valence-corrected chi connectivity index (χ0v) is 9.32. The molecule has 0 aliphatic carbocycles. The van der Waals surface area contributed by atoms with Gasteiger partial charge in [0.1, 0.15) is 24.4 Å². The molecule has 3 fully saturated rings. The van der Waals surface area contributed by atoms with Gasteiger partial charge in [-0.2, -0.15) is 0 Å². The first-order chi connectivity index (χ1) is 8.42. The molecule has 17 heavy (non-hydrogen) atoms. The molecule has 0 radical (unpaired) electrons. The Labute approximate surface area is 99.4 Å². The van der Waals surface area contributed by atoms with Crippen LogP contribution >= 0.6 is 0 Å². The van der Waals surface area contributed by atoms with E-state index >= 15 is 0 Å². The first-order valence-electron chi connectivity index (χ1n) is 6.01. The third-order valence-electron chi connectivity index (χ3n) is 3.55.